The molecular formula is C26H27ClN6O3. The van der Waals surface area contributed by atoms with Crippen LogP contribution in [0.4, 0.5) is 10.6 Å². The minimum absolute atomic E-state index is 0.102. The van der Waals surface area contributed by atoms with E-state index >= 15 is 0 Å². The van der Waals surface area contributed by atoms with E-state index in [1.807, 2.05) is 45.2 Å². The van der Waals surface area contributed by atoms with Gasteiger partial charge >= 0.3 is 6.09 Å². The van der Waals surface area contributed by atoms with Crippen LogP contribution in [0.15, 0.2) is 30.7 Å². The molecule has 0 spiro atoms. The van der Waals surface area contributed by atoms with Gasteiger partial charge in [0.25, 0.3) is 0 Å². The summed E-state index contributed by atoms with van der Waals surface area (Å²) in [5.41, 5.74) is 4.04. The largest absolute Gasteiger partial charge is 0.489 e. The highest BCUT2D eigenvalue weighted by Crippen LogP contribution is 2.47. The normalized spacial score (nSPS) is 17.6. The third-order valence-electron chi connectivity index (χ3n) is 6.73. The molecule has 0 unspecified atom stereocenters. The van der Waals surface area contributed by atoms with E-state index in [1.165, 1.54) is 0 Å². The van der Waals surface area contributed by atoms with Crippen molar-refractivity contribution in [3.63, 3.8) is 0 Å². The number of aromatic nitrogens is 4. The molecule has 4 heterocycles. The molecule has 9 nitrogen and oxygen atoms in total. The van der Waals surface area contributed by atoms with Crippen molar-refractivity contribution in [1.82, 2.24) is 25.1 Å². The summed E-state index contributed by atoms with van der Waals surface area (Å²) in [5.74, 6) is 1.34. The van der Waals surface area contributed by atoms with Crippen LogP contribution in [0, 0.1) is 6.92 Å². The SMILES string of the molecule is Cc1ccc2[nH]ncc2c1-c1cc2ncnc3c2c(c1Cl)OC[C@H]1CN(C(=O)OC(C)(C)C)CCN31. The Hall–Kier alpha value is -3.59. The molecule has 0 bridgehead atoms. The van der Waals surface area contributed by atoms with Crippen LogP contribution in [0.1, 0.15) is 26.3 Å². The first kappa shape index (κ1) is 22.8. The van der Waals surface area contributed by atoms with Crippen LogP contribution in [0.5, 0.6) is 5.75 Å². The molecular weight excluding hydrogens is 480 g/mol. The lowest BCUT2D eigenvalue weighted by Crippen LogP contribution is -2.57. The highest BCUT2D eigenvalue weighted by Gasteiger charge is 2.37. The molecule has 1 fully saturated rings. The van der Waals surface area contributed by atoms with Crippen molar-refractivity contribution in [3.8, 4) is 16.9 Å². The van der Waals surface area contributed by atoms with Crippen LogP contribution in [-0.4, -0.2) is 69.0 Å². The van der Waals surface area contributed by atoms with E-state index < -0.39 is 5.60 Å². The maximum absolute atomic E-state index is 12.7. The Labute approximate surface area is 213 Å². The number of ether oxygens (including phenoxy) is 2. The average molecular weight is 507 g/mol. The second-order valence-corrected chi connectivity index (χ2v) is 10.7. The van der Waals surface area contributed by atoms with Crippen LogP contribution in [0.3, 0.4) is 0 Å². The predicted molar refractivity (Wildman–Crippen MR) is 139 cm³/mol. The molecule has 6 rings (SSSR count). The molecule has 0 radical (unpaired) electrons. The predicted octanol–water partition coefficient (Wildman–Crippen LogP) is 4.95. The molecule has 1 saturated heterocycles. The first-order valence-electron chi connectivity index (χ1n) is 12.0. The molecule has 36 heavy (non-hydrogen) atoms. The van der Waals surface area contributed by atoms with Crippen molar-refractivity contribution in [3.05, 3.63) is 41.3 Å². The Balaban J connectivity index is 1.43. The minimum Gasteiger partial charge on any atom is -0.489 e. The molecule has 1 amide bonds. The molecule has 2 aliphatic rings. The summed E-state index contributed by atoms with van der Waals surface area (Å²) in [4.78, 5) is 25.9. The van der Waals surface area contributed by atoms with Crippen molar-refractivity contribution in [2.24, 2.45) is 0 Å². The molecule has 2 aromatic carbocycles. The number of benzene rings is 2. The van der Waals surface area contributed by atoms with Crippen molar-refractivity contribution >= 4 is 45.3 Å². The Morgan fingerprint density at radius 3 is 2.89 bits per heavy atom. The second kappa shape index (κ2) is 8.23. The fourth-order valence-corrected chi connectivity index (χ4v) is 5.41. The second-order valence-electron chi connectivity index (χ2n) is 10.3. The van der Waals surface area contributed by atoms with Gasteiger partial charge in [-0.05, 0) is 51.0 Å². The number of halogens is 1. The Morgan fingerprint density at radius 1 is 1.25 bits per heavy atom. The van der Waals surface area contributed by atoms with E-state index in [4.69, 9.17) is 21.1 Å². The zero-order valence-electron chi connectivity index (χ0n) is 20.6. The number of fused-ring (bicyclic) bond motifs is 3. The molecule has 2 aliphatic heterocycles. The van der Waals surface area contributed by atoms with Crippen molar-refractivity contribution in [2.75, 3.05) is 31.1 Å². The van der Waals surface area contributed by atoms with Gasteiger partial charge in [0.05, 0.1) is 33.7 Å². The average Bonchev–Trinajstić information content (AvgIpc) is 3.24. The Bertz CT molecular complexity index is 1510. The molecule has 10 heteroatoms. The van der Waals surface area contributed by atoms with E-state index in [-0.39, 0.29) is 12.1 Å². The van der Waals surface area contributed by atoms with Gasteiger partial charge in [0.15, 0.2) is 5.75 Å². The quantitative estimate of drug-likeness (QED) is 0.390. The summed E-state index contributed by atoms with van der Waals surface area (Å²) in [7, 11) is 0. The summed E-state index contributed by atoms with van der Waals surface area (Å²) in [6.07, 6.45) is 3.07. The number of H-pyrrole nitrogens is 1. The summed E-state index contributed by atoms with van der Waals surface area (Å²) in [5, 5.41) is 9.54. The maximum Gasteiger partial charge on any atom is 0.410 e. The number of aromatic amines is 1. The number of nitrogens with zero attached hydrogens (tertiary/aromatic N) is 5. The summed E-state index contributed by atoms with van der Waals surface area (Å²) in [6, 6.07) is 5.96. The zero-order valence-corrected chi connectivity index (χ0v) is 21.4. The molecule has 0 aliphatic carbocycles. The number of hydrogen-bond acceptors (Lipinski definition) is 7. The van der Waals surface area contributed by atoms with Crippen LogP contribution in [0.2, 0.25) is 5.02 Å². The number of nitrogens with one attached hydrogen (secondary N) is 1. The number of carbonyl (C=O) groups is 1. The number of hydrogen-bond donors (Lipinski definition) is 1. The van der Waals surface area contributed by atoms with Crippen LogP contribution >= 0.6 is 11.6 Å². The van der Waals surface area contributed by atoms with E-state index in [9.17, 15) is 4.79 Å². The number of carbonyl (C=O) groups excluding carboxylic acids is 1. The lowest BCUT2D eigenvalue weighted by Gasteiger charge is -2.41. The van der Waals surface area contributed by atoms with Gasteiger partial charge in [-0.15, -0.1) is 0 Å². The van der Waals surface area contributed by atoms with Crippen LogP contribution in [-0.2, 0) is 4.74 Å². The zero-order chi connectivity index (χ0) is 25.2. The topological polar surface area (TPSA) is 96.5 Å². The lowest BCUT2D eigenvalue weighted by atomic mass is 9.95. The van der Waals surface area contributed by atoms with Gasteiger partial charge in [-0.25, -0.2) is 14.8 Å². The van der Waals surface area contributed by atoms with Gasteiger partial charge < -0.3 is 19.3 Å². The standard InChI is InChI=1S/C26H27ClN6O3/c1-14-5-6-18-17(10-30-31-18)20(14)16-9-19-21-23(22(16)27)35-12-15-11-32(25(34)36-26(2,3)4)7-8-33(15)24(21)29-13-28-19/h5-6,9-10,13,15H,7-8,11-12H2,1-4H3,(H,30,31)/t15-/m1/s1. The van der Waals surface area contributed by atoms with Gasteiger partial charge in [0.1, 0.15) is 24.4 Å². The number of aryl methyl sites for hydroxylation is 1. The van der Waals surface area contributed by atoms with Crippen LogP contribution in [0.25, 0.3) is 32.9 Å². The summed E-state index contributed by atoms with van der Waals surface area (Å²) >= 11 is 7.08. The molecule has 4 aromatic rings. The molecule has 2 aromatic heterocycles. The third-order valence-corrected chi connectivity index (χ3v) is 7.10. The number of anilines is 1. The summed E-state index contributed by atoms with van der Waals surface area (Å²) < 4.78 is 12.0. The van der Waals surface area contributed by atoms with Gasteiger partial charge in [0, 0.05) is 30.6 Å². The molecule has 1 atom stereocenters. The van der Waals surface area contributed by atoms with E-state index in [0.717, 1.165) is 44.3 Å². The Morgan fingerprint density at radius 2 is 2.08 bits per heavy atom. The van der Waals surface area contributed by atoms with Crippen LogP contribution < -0.4 is 9.64 Å². The van der Waals surface area contributed by atoms with Gasteiger partial charge in [-0.2, -0.15) is 5.10 Å². The fourth-order valence-electron chi connectivity index (χ4n) is 5.12. The first-order chi connectivity index (χ1) is 17.2. The highest BCUT2D eigenvalue weighted by atomic mass is 35.5. The fraction of sp³-hybridized carbons (Fsp3) is 0.385. The number of rotatable bonds is 1. The molecule has 186 valence electrons. The highest BCUT2D eigenvalue weighted by molar-refractivity contribution is 6.37. The first-order valence-corrected chi connectivity index (χ1v) is 12.4. The lowest BCUT2D eigenvalue weighted by molar-refractivity contribution is 0.0202. The smallest absolute Gasteiger partial charge is 0.410 e. The number of amides is 1. The monoisotopic (exact) mass is 506 g/mol. The third kappa shape index (κ3) is 3.69. The van der Waals surface area contributed by atoms with E-state index in [2.05, 4.69) is 32.0 Å². The van der Waals surface area contributed by atoms with E-state index in [0.29, 0.717) is 37.0 Å². The van der Waals surface area contributed by atoms with Gasteiger partial charge in [0.2, 0.25) is 0 Å². The minimum atomic E-state index is -0.552. The van der Waals surface area contributed by atoms with Crippen molar-refractivity contribution < 1.29 is 14.3 Å². The Kier molecular flexibility index (Phi) is 5.22. The van der Waals surface area contributed by atoms with Crippen molar-refractivity contribution in [2.45, 2.75) is 39.3 Å². The maximum atomic E-state index is 12.7. The van der Waals surface area contributed by atoms with Gasteiger partial charge in [-0.1, -0.05) is 17.7 Å². The summed E-state index contributed by atoms with van der Waals surface area (Å²) in [6.45, 7) is 9.61. The molecule has 0 saturated carbocycles. The van der Waals surface area contributed by atoms with Gasteiger partial charge in [-0.3, -0.25) is 5.10 Å². The number of piperazine rings is 1. The van der Waals surface area contributed by atoms with E-state index in [1.54, 1.807) is 11.2 Å². The van der Waals surface area contributed by atoms with Crippen molar-refractivity contribution in [1.29, 1.82) is 0 Å². The molecule has 1 N–H and O–H groups in total.